The van der Waals surface area contributed by atoms with E-state index in [9.17, 15) is 4.79 Å². The smallest absolute Gasteiger partial charge is 0.321 e. The largest absolute Gasteiger partial charge is 0.494 e. The Kier molecular flexibility index (Phi) is 3.66. The second-order valence-corrected chi connectivity index (χ2v) is 4.76. The summed E-state index contributed by atoms with van der Waals surface area (Å²) in [5.74, 6) is 0.718. The third-order valence-corrected chi connectivity index (χ3v) is 3.59. The Morgan fingerprint density at radius 3 is 2.94 bits per heavy atom. The highest BCUT2D eigenvalue weighted by Gasteiger charge is 2.12. The van der Waals surface area contributed by atoms with Crippen LogP contribution in [0.4, 0.5) is 9.93 Å². The summed E-state index contributed by atoms with van der Waals surface area (Å²) in [6.07, 6.45) is 0. The maximum Gasteiger partial charge on any atom is 0.321 e. The molecule has 0 aliphatic rings. The molecule has 0 aliphatic heterocycles. The predicted molar refractivity (Wildman–Crippen MR) is 73.6 cm³/mol. The molecule has 2 N–H and O–H groups in total. The summed E-state index contributed by atoms with van der Waals surface area (Å²) in [6.45, 7) is 4.46. The van der Waals surface area contributed by atoms with Gasteiger partial charge in [0, 0.05) is 6.54 Å². The fraction of sp³-hybridized carbons (Fsp3) is 0.333. The zero-order chi connectivity index (χ0) is 13.1. The van der Waals surface area contributed by atoms with Crippen LogP contribution in [0.15, 0.2) is 12.1 Å². The zero-order valence-corrected chi connectivity index (χ0v) is 11.4. The molecule has 5 nitrogen and oxygen atoms in total. The van der Waals surface area contributed by atoms with E-state index in [-0.39, 0.29) is 6.03 Å². The molecule has 0 aliphatic carbocycles. The van der Waals surface area contributed by atoms with Crippen LogP contribution in [0.5, 0.6) is 5.75 Å². The van der Waals surface area contributed by atoms with E-state index in [1.165, 1.54) is 11.3 Å². The van der Waals surface area contributed by atoms with Crippen LogP contribution in [0, 0.1) is 6.92 Å². The molecule has 0 bridgehead atoms. The Balaban J connectivity index is 2.37. The number of amides is 2. The normalized spacial score (nSPS) is 10.4. The number of benzene rings is 1. The van der Waals surface area contributed by atoms with Crippen molar-refractivity contribution < 1.29 is 9.53 Å². The first-order chi connectivity index (χ1) is 8.65. The highest BCUT2D eigenvalue weighted by molar-refractivity contribution is 7.22. The average molecular weight is 265 g/mol. The lowest BCUT2D eigenvalue weighted by Gasteiger charge is -2.01. The van der Waals surface area contributed by atoms with Gasteiger partial charge in [-0.2, -0.15) is 0 Å². The Labute approximate surface area is 109 Å². The third kappa shape index (κ3) is 2.38. The van der Waals surface area contributed by atoms with Gasteiger partial charge < -0.3 is 10.1 Å². The summed E-state index contributed by atoms with van der Waals surface area (Å²) in [5, 5.41) is 5.95. The number of methoxy groups -OCH3 is 1. The molecular weight excluding hydrogens is 250 g/mol. The number of fused-ring (bicyclic) bond motifs is 1. The summed E-state index contributed by atoms with van der Waals surface area (Å²) in [4.78, 5) is 15.8. The lowest BCUT2D eigenvalue weighted by molar-refractivity contribution is 0.252. The summed E-state index contributed by atoms with van der Waals surface area (Å²) < 4.78 is 6.29. The first-order valence-corrected chi connectivity index (χ1v) is 6.46. The molecule has 6 heteroatoms. The van der Waals surface area contributed by atoms with E-state index in [0.717, 1.165) is 21.5 Å². The highest BCUT2D eigenvalue weighted by atomic mass is 32.1. The van der Waals surface area contributed by atoms with Crippen LogP contribution in [0.1, 0.15) is 12.5 Å². The van der Waals surface area contributed by atoms with Crippen molar-refractivity contribution in [3.8, 4) is 5.75 Å². The minimum Gasteiger partial charge on any atom is -0.494 e. The van der Waals surface area contributed by atoms with Crippen LogP contribution in [0.3, 0.4) is 0 Å². The highest BCUT2D eigenvalue weighted by Crippen LogP contribution is 2.34. The number of carbonyl (C=O) groups is 1. The van der Waals surface area contributed by atoms with E-state index in [0.29, 0.717) is 11.7 Å². The predicted octanol–water partition coefficient (Wildman–Crippen LogP) is 2.75. The second-order valence-electron chi connectivity index (χ2n) is 3.77. The fourth-order valence-corrected chi connectivity index (χ4v) is 2.58. The molecule has 0 saturated heterocycles. The number of urea groups is 1. The SMILES string of the molecule is CCNC(=O)Nc1nc2c(OC)ccc(C)c2s1. The molecule has 0 unspecified atom stereocenters. The lowest BCUT2D eigenvalue weighted by atomic mass is 10.2. The van der Waals surface area contributed by atoms with Crippen molar-refractivity contribution in [3.63, 3.8) is 0 Å². The molecule has 1 aromatic carbocycles. The van der Waals surface area contributed by atoms with Crippen LogP contribution in [-0.2, 0) is 0 Å². The summed E-state index contributed by atoms with van der Waals surface area (Å²) in [7, 11) is 1.61. The quantitative estimate of drug-likeness (QED) is 0.897. The number of ether oxygens (including phenoxy) is 1. The topological polar surface area (TPSA) is 63.2 Å². The molecule has 2 aromatic rings. The van der Waals surface area contributed by atoms with Crippen molar-refractivity contribution >= 4 is 32.7 Å². The standard InChI is InChI=1S/C12H15N3O2S/c1-4-13-11(16)15-12-14-9-8(17-3)6-5-7(2)10(9)18-12/h5-6H,4H2,1-3H3,(H2,13,14,15,16). The zero-order valence-electron chi connectivity index (χ0n) is 10.5. The van der Waals surface area contributed by atoms with E-state index < -0.39 is 0 Å². The molecule has 18 heavy (non-hydrogen) atoms. The number of rotatable bonds is 3. The van der Waals surface area contributed by atoms with Crippen molar-refractivity contribution in [1.29, 1.82) is 0 Å². The van der Waals surface area contributed by atoms with Gasteiger partial charge in [-0.15, -0.1) is 0 Å². The second kappa shape index (κ2) is 5.22. The van der Waals surface area contributed by atoms with Gasteiger partial charge in [0.25, 0.3) is 0 Å². The van der Waals surface area contributed by atoms with Crippen molar-refractivity contribution in [2.24, 2.45) is 0 Å². The van der Waals surface area contributed by atoms with Gasteiger partial charge in [0.05, 0.1) is 11.8 Å². The molecule has 0 radical (unpaired) electrons. The van der Waals surface area contributed by atoms with Crippen molar-refractivity contribution in [2.45, 2.75) is 13.8 Å². The number of nitrogens with one attached hydrogen (secondary N) is 2. The van der Waals surface area contributed by atoms with Gasteiger partial charge in [-0.05, 0) is 25.5 Å². The first-order valence-electron chi connectivity index (χ1n) is 5.64. The minimum absolute atomic E-state index is 0.242. The first kappa shape index (κ1) is 12.6. The van der Waals surface area contributed by atoms with E-state index in [1.54, 1.807) is 7.11 Å². The molecule has 0 spiro atoms. The summed E-state index contributed by atoms with van der Waals surface area (Å²) >= 11 is 1.44. The minimum atomic E-state index is -0.242. The van der Waals surface area contributed by atoms with Crippen molar-refractivity contribution in [1.82, 2.24) is 10.3 Å². The molecule has 96 valence electrons. The molecule has 2 rings (SSSR count). The molecule has 1 heterocycles. The Morgan fingerprint density at radius 2 is 2.28 bits per heavy atom. The maximum atomic E-state index is 11.4. The lowest BCUT2D eigenvalue weighted by Crippen LogP contribution is -2.28. The fourth-order valence-electron chi connectivity index (χ4n) is 1.63. The van der Waals surface area contributed by atoms with Crippen LogP contribution in [0.25, 0.3) is 10.2 Å². The molecular formula is C12H15N3O2S. The van der Waals surface area contributed by atoms with Crippen LogP contribution < -0.4 is 15.4 Å². The molecule has 0 fully saturated rings. The Hall–Kier alpha value is -1.82. The Morgan fingerprint density at radius 1 is 1.50 bits per heavy atom. The van der Waals surface area contributed by atoms with Gasteiger partial charge in [0.1, 0.15) is 11.3 Å². The molecule has 1 aromatic heterocycles. The number of anilines is 1. The summed E-state index contributed by atoms with van der Waals surface area (Å²) in [6, 6.07) is 3.62. The molecule has 2 amide bonds. The number of carbonyl (C=O) groups excluding carboxylic acids is 1. The number of hydrogen-bond donors (Lipinski definition) is 2. The van der Waals surface area contributed by atoms with E-state index in [1.807, 2.05) is 26.0 Å². The molecule has 0 atom stereocenters. The van der Waals surface area contributed by atoms with E-state index in [4.69, 9.17) is 4.74 Å². The number of aryl methyl sites for hydroxylation is 1. The van der Waals surface area contributed by atoms with Gasteiger partial charge >= 0.3 is 6.03 Å². The maximum absolute atomic E-state index is 11.4. The van der Waals surface area contributed by atoms with Gasteiger partial charge in [0.2, 0.25) is 0 Å². The number of hydrogen-bond acceptors (Lipinski definition) is 4. The number of aromatic nitrogens is 1. The summed E-state index contributed by atoms with van der Waals surface area (Å²) in [5.41, 5.74) is 1.90. The van der Waals surface area contributed by atoms with Crippen molar-refractivity contribution in [2.75, 3.05) is 19.0 Å². The average Bonchev–Trinajstić information content (AvgIpc) is 2.74. The van der Waals surface area contributed by atoms with E-state index in [2.05, 4.69) is 15.6 Å². The van der Waals surface area contributed by atoms with Gasteiger partial charge in [-0.3, -0.25) is 5.32 Å². The number of nitrogens with zero attached hydrogens (tertiary/aromatic N) is 1. The van der Waals surface area contributed by atoms with E-state index >= 15 is 0 Å². The van der Waals surface area contributed by atoms with Crippen molar-refractivity contribution in [3.05, 3.63) is 17.7 Å². The van der Waals surface area contributed by atoms with Crippen LogP contribution in [-0.4, -0.2) is 24.7 Å². The van der Waals surface area contributed by atoms with Gasteiger partial charge in [0.15, 0.2) is 5.13 Å². The van der Waals surface area contributed by atoms with Gasteiger partial charge in [-0.25, -0.2) is 9.78 Å². The van der Waals surface area contributed by atoms with Crippen LogP contribution in [0.2, 0.25) is 0 Å². The third-order valence-electron chi connectivity index (χ3n) is 2.48. The van der Waals surface area contributed by atoms with Gasteiger partial charge in [-0.1, -0.05) is 17.4 Å². The van der Waals surface area contributed by atoms with Crippen LogP contribution >= 0.6 is 11.3 Å². The Bertz CT molecular complexity index is 580. The molecule has 0 saturated carbocycles. The monoisotopic (exact) mass is 265 g/mol. The number of thiazole rings is 1.